The van der Waals surface area contributed by atoms with Crippen LogP contribution < -0.4 is 14.2 Å². The maximum absolute atomic E-state index is 13.5. The number of hydrogen-bond donors (Lipinski definition) is 0. The molecule has 0 saturated carbocycles. The maximum atomic E-state index is 13.5. The number of ether oxygens (including phenoxy) is 3. The lowest BCUT2D eigenvalue weighted by molar-refractivity contribution is 0.154. The van der Waals surface area contributed by atoms with Gasteiger partial charge >= 0.3 is 0 Å². The Hall–Kier alpha value is -2.29. The molecular weight excluding hydrogens is 404 g/mol. The van der Waals surface area contributed by atoms with Gasteiger partial charge in [-0.15, -0.1) is 0 Å². The standard InChI is InChI=1S/C22H30N2O5S/c1-16(2)23-10-12-24(13-11-23)30(25,26)22-14-17(6-9-20(22)28-4)19-8-7-18(27-3)15-21(19)29-5/h6-9,14-16H,10-13H2,1-5H3. The molecule has 0 bridgehead atoms. The Kier molecular flexibility index (Phi) is 6.90. The molecule has 0 spiro atoms. The van der Waals surface area contributed by atoms with Crippen LogP contribution in [-0.4, -0.2) is 71.2 Å². The summed E-state index contributed by atoms with van der Waals surface area (Å²) < 4.78 is 44.6. The molecule has 8 heteroatoms. The Morgan fingerprint density at radius 3 is 2.07 bits per heavy atom. The van der Waals surface area contributed by atoms with Gasteiger partial charge in [0.2, 0.25) is 10.0 Å². The van der Waals surface area contributed by atoms with Gasteiger partial charge in [0.05, 0.1) is 21.3 Å². The number of nitrogens with zero attached hydrogens (tertiary/aromatic N) is 2. The molecule has 0 N–H and O–H groups in total. The molecule has 1 saturated heterocycles. The van der Waals surface area contributed by atoms with Crippen molar-refractivity contribution in [2.45, 2.75) is 24.8 Å². The smallest absolute Gasteiger partial charge is 0.246 e. The minimum absolute atomic E-state index is 0.165. The molecule has 30 heavy (non-hydrogen) atoms. The number of rotatable bonds is 7. The van der Waals surface area contributed by atoms with Gasteiger partial charge in [0, 0.05) is 43.9 Å². The summed E-state index contributed by atoms with van der Waals surface area (Å²) in [7, 11) is 0.950. The van der Waals surface area contributed by atoms with E-state index in [0.29, 0.717) is 49.5 Å². The lowest BCUT2D eigenvalue weighted by Crippen LogP contribution is -2.50. The quantitative estimate of drug-likeness (QED) is 0.667. The van der Waals surface area contributed by atoms with Crippen molar-refractivity contribution in [1.82, 2.24) is 9.21 Å². The van der Waals surface area contributed by atoms with Crippen LogP contribution in [0.4, 0.5) is 0 Å². The summed E-state index contributed by atoms with van der Waals surface area (Å²) in [5.74, 6) is 1.60. The predicted molar refractivity (Wildman–Crippen MR) is 117 cm³/mol. The lowest BCUT2D eigenvalue weighted by atomic mass is 10.0. The zero-order chi connectivity index (χ0) is 21.9. The van der Waals surface area contributed by atoms with Gasteiger partial charge in [-0.2, -0.15) is 4.31 Å². The summed E-state index contributed by atoms with van der Waals surface area (Å²) >= 11 is 0. The molecule has 1 fully saturated rings. The maximum Gasteiger partial charge on any atom is 0.246 e. The number of sulfonamides is 1. The van der Waals surface area contributed by atoms with Crippen LogP contribution in [0.15, 0.2) is 41.3 Å². The predicted octanol–water partition coefficient (Wildman–Crippen LogP) is 3.09. The normalized spacial score (nSPS) is 15.9. The Bertz CT molecular complexity index is 983. The highest BCUT2D eigenvalue weighted by molar-refractivity contribution is 7.89. The van der Waals surface area contributed by atoms with Crippen molar-refractivity contribution in [1.29, 1.82) is 0 Å². The second-order valence-electron chi connectivity index (χ2n) is 7.47. The largest absolute Gasteiger partial charge is 0.497 e. The average Bonchev–Trinajstić information content (AvgIpc) is 2.78. The number of methoxy groups -OCH3 is 3. The van der Waals surface area contributed by atoms with Gasteiger partial charge < -0.3 is 14.2 Å². The van der Waals surface area contributed by atoms with Crippen LogP contribution >= 0.6 is 0 Å². The molecule has 0 aromatic heterocycles. The van der Waals surface area contributed by atoms with Crippen LogP contribution in [0.5, 0.6) is 17.2 Å². The number of piperazine rings is 1. The molecule has 3 rings (SSSR count). The summed E-state index contributed by atoms with van der Waals surface area (Å²) in [6.07, 6.45) is 0. The van der Waals surface area contributed by atoms with Crippen LogP contribution in [0, 0.1) is 0 Å². The van der Waals surface area contributed by atoms with Gasteiger partial charge in [-0.05, 0) is 43.7 Å². The van der Waals surface area contributed by atoms with Gasteiger partial charge in [-0.1, -0.05) is 6.07 Å². The first-order chi connectivity index (χ1) is 14.3. The Morgan fingerprint density at radius 2 is 1.50 bits per heavy atom. The zero-order valence-corrected chi connectivity index (χ0v) is 19.0. The van der Waals surface area contributed by atoms with E-state index in [-0.39, 0.29) is 4.90 Å². The molecule has 0 aliphatic carbocycles. The first-order valence-electron chi connectivity index (χ1n) is 9.96. The van der Waals surface area contributed by atoms with E-state index in [2.05, 4.69) is 18.7 Å². The minimum atomic E-state index is -3.70. The fraction of sp³-hybridized carbons (Fsp3) is 0.455. The van der Waals surface area contributed by atoms with Gasteiger partial charge in [0.25, 0.3) is 0 Å². The number of hydrogen-bond acceptors (Lipinski definition) is 6. The molecule has 0 atom stereocenters. The average molecular weight is 435 g/mol. The SMILES string of the molecule is COc1ccc(-c2ccc(OC)c(S(=O)(=O)N3CCN(C(C)C)CC3)c2)c(OC)c1. The molecule has 2 aromatic rings. The van der Waals surface area contributed by atoms with Crippen LogP contribution in [0.1, 0.15) is 13.8 Å². The molecule has 164 valence electrons. The molecule has 0 amide bonds. The highest BCUT2D eigenvalue weighted by Crippen LogP contribution is 2.37. The molecule has 7 nitrogen and oxygen atoms in total. The van der Waals surface area contributed by atoms with Crippen molar-refractivity contribution in [3.8, 4) is 28.4 Å². The highest BCUT2D eigenvalue weighted by Gasteiger charge is 2.31. The Labute approximate surface area is 179 Å². The van der Waals surface area contributed by atoms with Gasteiger partial charge in [0.1, 0.15) is 22.1 Å². The monoisotopic (exact) mass is 434 g/mol. The molecule has 0 radical (unpaired) electrons. The van der Waals surface area contributed by atoms with Gasteiger partial charge in [-0.25, -0.2) is 8.42 Å². The fourth-order valence-electron chi connectivity index (χ4n) is 3.68. The fourth-order valence-corrected chi connectivity index (χ4v) is 5.29. The molecule has 2 aromatic carbocycles. The van der Waals surface area contributed by atoms with E-state index >= 15 is 0 Å². The zero-order valence-electron chi connectivity index (χ0n) is 18.2. The topological polar surface area (TPSA) is 68.3 Å². The summed E-state index contributed by atoms with van der Waals surface area (Å²) in [5, 5.41) is 0. The first-order valence-corrected chi connectivity index (χ1v) is 11.4. The van der Waals surface area contributed by atoms with Crippen LogP contribution in [0.2, 0.25) is 0 Å². The first kappa shape index (κ1) is 22.4. The third-order valence-electron chi connectivity index (χ3n) is 5.50. The van der Waals surface area contributed by atoms with Crippen molar-refractivity contribution in [2.75, 3.05) is 47.5 Å². The number of benzene rings is 2. The molecule has 1 heterocycles. The third-order valence-corrected chi connectivity index (χ3v) is 7.42. The Morgan fingerprint density at radius 1 is 0.833 bits per heavy atom. The van der Waals surface area contributed by atoms with Crippen LogP contribution in [0.25, 0.3) is 11.1 Å². The second kappa shape index (κ2) is 9.24. The second-order valence-corrected chi connectivity index (χ2v) is 9.37. The molecule has 0 unspecified atom stereocenters. The van der Waals surface area contributed by atoms with Gasteiger partial charge in [0.15, 0.2) is 0 Å². The highest BCUT2D eigenvalue weighted by atomic mass is 32.2. The van der Waals surface area contributed by atoms with Crippen molar-refractivity contribution in [3.05, 3.63) is 36.4 Å². The third kappa shape index (κ3) is 4.40. The van der Waals surface area contributed by atoms with E-state index in [1.54, 1.807) is 36.7 Å². The van der Waals surface area contributed by atoms with Gasteiger partial charge in [-0.3, -0.25) is 4.90 Å². The van der Waals surface area contributed by atoms with Crippen molar-refractivity contribution in [3.63, 3.8) is 0 Å². The summed E-state index contributed by atoms with van der Waals surface area (Å²) in [6.45, 7) is 6.59. The van der Waals surface area contributed by atoms with E-state index in [1.165, 1.54) is 7.11 Å². The van der Waals surface area contributed by atoms with E-state index in [0.717, 1.165) is 11.1 Å². The van der Waals surface area contributed by atoms with Crippen molar-refractivity contribution < 1.29 is 22.6 Å². The Balaban J connectivity index is 2.00. The lowest BCUT2D eigenvalue weighted by Gasteiger charge is -2.36. The minimum Gasteiger partial charge on any atom is -0.497 e. The summed E-state index contributed by atoms with van der Waals surface area (Å²) in [5.41, 5.74) is 1.51. The summed E-state index contributed by atoms with van der Waals surface area (Å²) in [4.78, 5) is 2.44. The van der Waals surface area contributed by atoms with E-state index in [1.807, 2.05) is 18.2 Å². The van der Waals surface area contributed by atoms with Crippen molar-refractivity contribution >= 4 is 10.0 Å². The van der Waals surface area contributed by atoms with Crippen molar-refractivity contribution in [2.24, 2.45) is 0 Å². The summed E-state index contributed by atoms with van der Waals surface area (Å²) in [6, 6.07) is 11.0. The molecule has 1 aliphatic rings. The molecule has 1 aliphatic heterocycles. The molecular formula is C22H30N2O5S. The van der Waals surface area contributed by atoms with E-state index in [9.17, 15) is 8.42 Å². The van der Waals surface area contributed by atoms with Crippen LogP contribution in [-0.2, 0) is 10.0 Å². The van der Waals surface area contributed by atoms with Crippen LogP contribution in [0.3, 0.4) is 0 Å². The van der Waals surface area contributed by atoms with E-state index < -0.39 is 10.0 Å². The van der Waals surface area contributed by atoms with E-state index in [4.69, 9.17) is 14.2 Å².